The quantitative estimate of drug-likeness (QED) is 0.561. The number of benzene rings is 1. The molecule has 72 valence electrons. The van der Waals surface area contributed by atoms with Gasteiger partial charge in [0.05, 0.1) is 5.69 Å². The van der Waals surface area contributed by atoms with E-state index in [1.165, 1.54) is 0 Å². The topological polar surface area (TPSA) is 33.1 Å². The Balaban J connectivity index is 0.00000112. The van der Waals surface area contributed by atoms with Crippen LogP contribution in [0.15, 0.2) is 42.5 Å². The summed E-state index contributed by atoms with van der Waals surface area (Å²) in [6, 6.07) is 12.3. The first kappa shape index (κ1) is 12.5. The molecule has 0 radical (unpaired) electrons. The molecule has 1 aromatic carbocycles. The van der Waals surface area contributed by atoms with Crippen LogP contribution in [0.5, 0.6) is 5.75 Å². The number of nitrogens with zero attached hydrogens (tertiary/aromatic N) is 1. The third kappa shape index (κ3) is 2.95. The molecule has 1 aromatic heterocycles. The Hall–Kier alpha value is -0.540. The summed E-state index contributed by atoms with van der Waals surface area (Å²) in [6.07, 6.45) is 0. The molecule has 0 fully saturated rings. The van der Waals surface area contributed by atoms with Gasteiger partial charge in [-0.2, -0.15) is 0 Å². The summed E-state index contributed by atoms with van der Waals surface area (Å²) >= 11 is 5.75. The largest absolute Gasteiger partial charge is 1.00 e. The van der Waals surface area contributed by atoms with Crippen LogP contribution in [-0.4, -0.2) is 10.1 Å². The van der Waals surface area contributed by atoms with Gasteiger partial charge in [-0.1, -0.05) is 29.8 Å². The van der Waals surface area contributed by atoms with E-state index in [-0.39, 0.29) is 36.7 Å². The first-order valence-corrected chi connectivity index (χ1v) is 4.56. The number of pyridine rings is 1. The molecule has 0 atom stereocenters. The second-order valence-corrected chi connectivity index (χ2v) is 3.25. The zero-order valence-electron chi connectivity index (χ0n) is 9.31. The minimum Gasteiger partial charge on any atom is -1.00 e. The molecule has 2 rings (SSSR count). The Morgan fingerprint density at radius 1 is 1.07 bits per heavy atom. The predicted molar refractivity (Wildman–Crippen MR) is 57.5 cm³/mol. The van der Waals surface area contributed by atoms with Crippen molar-refractivity contribution in [3.63, 3.8) is 0 Å². The average molecular weight is 230 g/mol. The van der Waals surface area contributed by atoms with Gasteiger partial charge in [0.15, 0.2) is 0 Å². The van der Waals surface area contributed by atoms with Crippen molar-refractivity contribution in [3.8, 4) is 17.0 Å². The summed E-state index contributed by atoms with van der Waals surface area (Å²) in [5, 5.41) is 9.99. The maximum absolute atomic E-state index is 9.57. The summed E-state index contributed by atoms with van der Waals surface area (Å²) in [5.74, 6) is 0.210. The monoisotopic (exact) mass is 229 g/mol. The predicted octanol–water partition coefficient (Wildman–Crippen LogP) is 0.224. The van der Waals surface area contributed by atoms with Gasteiger partial charge in [0.1, 0.15) is 10.9 Å². The van der Waals surface area contributed by atoms with Gasteiger partial charge in [0, 0.05) is 5.56 Å². The molecule has 2 nitrogen and oxygen atoms in total. The second kappa shape index (κ2) is 5.52. The molecule has 0 aliphatic rings. The Morgan fingerprint density at radius 3 is 2.47 bits per heavy atom. The number of hydrogen-bond donors (Lipinski definition) is 1. The van der Waals surface area contributed by atoms with E-state index >= 15 is 0 Å². The van der Waals surface area contributed by atoms with Gasteiger partial charge < -0.3 is 6.53 Å². The Bertz CT molecular complexity index is 467. The number of phenols is 1. The van der Waals surface area contributed by atoms with Crippen molar-refractivity contribution in [1.82, 2.24) is 4.98 Å². The van der Waals surface area contributed by atoms with Gasteiger partial charge in [-0.25, -0.2) is 4.98 Å². The molecular weight excluding hydrogens is 221 g/mol. The number of rotatable bonds is 1. The van der Waals surface area contributed by atoms with Crippen molar-refractivity contribution in [2.45, 2.75) is 0 Å². The second-order valence-electron chi connectivity index (χ2n) is 2.86. The number of aromatic nitrogens is 1. The van der Waals surface area contributed by atoms with Crippen LogP contribution in [0.25, 0.3) is 11.3 Å². The fraction of sp³-hybridized carbons (Fsp3) is 0. The molecule has 1 N–H and O–H groups in total. The number of aromatic hydroxyl groups is 1. The summed E-state index contributed by atoms with van der Waals surface area (Å²) < 4.78 is 0. The Kier molecular flexibility index (Phi) is 4.61. The first-order valence-electron chi connectivity index (χ1n) is 4.18. The third-order valence-corrected chi connectivity index (χ3v) is 2.11. The van der Waals surface area contributed by atoms with E-state index < -0.39 is 0 Å². The zero-order chi connectivity index (χ0) is 9.97. The molecule has 1 heterocycles. The Labute approximate surface area is 117 Å². The van der Waals surface area contributed by atoms with E-state index in [0.717, 1.165) is 0 Å². The van der Waals surface area contributed by atoms with E-state index in [1.807, 2.05) is 6.07 Å². The van der Waals surface area contributed by atoms with Crippen LogP contribution in [0, 0.1) is 0 Å². The number of halogens is 1. The van der Waals surface area contributed by atoms with E-state index in [4.69, 9.17) is 11.6 Å². The zero-order valence-corrected chi connectivity index (χ0v) is 11.1. The molecule has 4 heteroatoms. The minimum atomic E-state index is 0. The van der Waals surface area contributed by atoms with Gasteiger partial charge in [-0.05, 0) is 24.3 Å². The van der Waals surface area contributed by atoms with Crippen molar-refractivity contribution in [1.29, 1.82) is 0 Å². The van der Waals surface area contributed by atoms with Crippen LogP contribution < -0.4 is 29.6 Å². The average Bonchev–Trinajstić information content (AvgIpc) is 2.18. The van der Waals surface area contributed by atoms with Crippen molar-refractivity contribution >= 4 is 11.6 Å². The smallest absolute Gasteiger partial charge is 1.00 e. The molecule has 15 heavy (non-hydrogen) atoms. The molecular formula is C11H9ClNNaO. The van der Waals surface area contributed by atoms with Gasteiger partial charge in [-0.15, -0.1) is 0 Å². The molecule has 0 spiro atoms. The van der Waals surface area contributed by atoms with E-state index in [2.05, 4.69) is 4.98 Å². The maximum Gasteiger partial charge on any atom is 1.00 e. The molecule has 0 aliphatic carbocycles. The van der Waals surface area contributed by atoms with Gasteiger partial charge in [0.2, 0.25) is 0 Å². The van der Waals surface area contributed by atoms with Crippen molar-refractivity contribution in [2.24, 2.45) is 0 Å². The SMILES string of the molecule is Oc1ccccc1-c1cccc(Cl)n1.[H-].[Na+]. The molecule has 0 bridgehead atoms. The van der Waals surface area contributed by atoms with Crippen molar-refractivity contribution in [3.05, 3.63) is 47.6 Å². The molecule has 0 saturated heterocycles. The molecule has 0 aliphatic heterocycles. The summed E-state index contributed by atoms with van der Waals surface area (Å²) in [5.41, 5.74) is 1.37. The molecule has 2 aromatic rings. The van der Waals surface area contributed by atoms with Gasteiger partial charge in [-0.3, -0.25) is 0 Å². The van der Waals surface area contributed by atoms with E-state index in [9.17, 15) is 5.11 Å². The van der Waals surface area contributed by atoms with Crippen LogP contribution in [0.3, 0.4) is 0 Å². The minimum absolute atomic E-state index is 0. The number of phenolic OH excluding ortho intramolecular Hbond substituents is 1. The van der Waals surface area contributed by atoms with Crippen molar-refractivity contribution < 1.29 is 36.1 Å². The van der Waals surface area contributed by atoms with E-state index in [1.54, 1.807) is 36.4 Å². The van der Waals surface area contributed by atoms with Crippen molar-refractivity contribution in [2.75, 3.05) is 0 Å². The molecule has 0 unspecified atom stereocenters. The van der Waals surface area contributed by atoms with Gasteiger partial charge >= 0.3 is 29.6 Å². The normalized spacial score (nSPS) is 9.40. The fourth-order valence-electron chi connectivity index (χ4n) is 1.25. The maximum atomic E-state index is 9.57. The Morgan fingerprint density at radius 2 is 1.80 bits per heavy atom. The van der Waals surface area contributed by atoms with Crippen LogP contribution in [-0.2, 0) is 0 Å². The fourth-order valence-corrected chi connectivity index (χ4v) is 1.41. The first-order chi connectivity index (χ1) is 6.77. The van der Waals surface area contributed by atoms with Crippen LogP contribution in [0.2, 0.25) is 5.15 Å². The summed E-state index contributed by atoms with van der Waals surface area (Å²) in [7, 11) is 0. The van der Waals surface area contributed by atoms with E-state index in [0.29, 0.717) is 16.4 Å². The van der Waals surface area contributed by atoms with Gasteiger partial charge in [0.25, 0.3) is 0 Å². The summed E-state index contributed by atoms with van der Waals surface area (Å²) in [4.78, 5) is 4.11. The summed E-state index contributed by atoms with van der Waals surface area (Å²) in [6.45, 7) is 0. The molecule has 0 amide bonds. The van der Waals surface area contributed by atoms with Crippen LogP contribution in [0.1, 0.15) is 1.43 Å². The van der Waals surface area contributed by atoms with Crippen LogP contribution >= 0.6 is 11.6 Å². The number of hydrogen-bond acceptors (Lipinski definition) is 2. The standard InChI is InChI=1S/C11H8ClNO.Na.H/c12-11-7-3-5-9(13-11)8-4-1-2-6-10(8)14;;/h1-7,14H;;/q;+1;-1. The molecule has 0 saturated carbocycles. The van der Waals surface area contributed by atoms with Crippen LogP contribution in [0.4, 0.5) is 0 Å². The third-order valence-electron chi connectivity index (χ3n) is 1.90. The number of para-hydroxylation sites is 1.